The van der Waals surface area contributed by atoms with Gasteiger partial charge in [-0.2, -0.15) is 0 Å². The number of nitrogens with one attached hydrogen (secondary N) is 2. The van der Waals surface area contributed by atoms with Gasteiger partial charge in [0.2, 0.25) is 10.0 Å². The lowest BCUT2D eigenvalue weighted by Gasteiger charge is -2.29. The lowest BCUT2D eigenvalue weighted by atomic mass is 9.96. The molecule has 2 aromatic carbocycles. The summed E-state index contributed by atoms with van der Waals surface area (Å²) in [7, 11) is -2.10. The molecule has 1 aliphatic rings. The van der Waals surface area contributed by atoms with Crippen molar-refractivity contribution < 1.29 is 18.3 Å². The maximum Gasteiger partial charge on any atom is 0.229 e. The minimum Gasteiger partial charge on any atom is -0.506 e. The molecule has 0 spiro atoms. The van der Waals surface area contributed by atoms with Crippen molar-refractivity contribution >= 4 is 50.3 Å². The fraction of sp³-hybridized carbons (Fsp3) is 0.214. The highest BCUT2D eigenvalue weighted by Gasteiger charge is 2.42. The van der Waals surface area contributed by atoms with Gasteiger partial charge in [0.1, 0.15) is 11.5 Å². The van der Waals surface area contributed by atoms with Crippen molar-refractivity contribution in [2.24, 2.45) is 0 Å². The Bertz CT molecular complexity index is 1710. The fourth-order valence-corrected chi connectivity index (χ4v) is 6.28. The van der Waals surface area contributed by atoms with Crippen LogP contribution in [0.3, 0.4) is 0 Å². The number of aromatic hydroxyl groups is 1. The monoisotopic (exact) mass is 597 g/mol. The molecule has 0 unspecified atom stereocenters. The quantitative estimate of drug-likeness (QED) is 0.243. The topological polar surface area (TPSA) is 109 Å². The normalized spacial score (nSPS) is 17.1. The first kappa shape index (κ1) is 27.8. The van der Waals surface area contributed by atoms with Crippen LogP contribution >= 0.6 is 23.8 Å². The first-order valence-electron chi connectivity index (χ1n) is 12.3. The lowest BCUT2D eigenvalue weighted by molar-refractivity contribution is 0.417. The minimum atomic E-state index is -3.58. The maximum atomic E-state index is 12.1. The summed E-state index contributed by atoms with van der Waals surface area (Å²) < 4.78 is 34.1. The fourth-order valence-electron chi connectivity index (χ4n) is 5.21. The van der Waals surface area contributed by atoms with Crippen LogP contribution in [0.15, 0.2) is 66.9 Å². The van der Waals surface area contributed by atoms with Gasteiger partial charge in [-0.1, -0.05) is 17.7 Å². The molecule has 208 valence electrons. The van der Waals surface area contributed by atoms with Crippen molar-refractivity contribution in [3.05, 3.63) is 94.5 Å². The Morgan fingerprint density at radius 3 is 2.58 bits per heavy atom. The van der Waals surface area contributed by atoms with Gasteiger partial charge in [0.15, 0.2) is 5.11 Å². The minimum absolute atomic E-state index is 0.0996. The maximum absolute atomic E-state index is 12.1. The van der Waals surface area contributed by atoms with Crippen LogP contribution in [0.4, 0.5) is 11.4 Å². The molecule has 3 N–H and O–H groups in total. The molecule has 0 saturated carbocycles. The Morgan fingerprint density at radius 1 is 1.12 bits per heavy atom. The van der Waals surface area contributed by atoms with Gasteiger partial charge < -0.3 is 24.6 Å². The number of methoxy groups -OCH3 is 1. The highest BCUT2D eigenvalue weighted by molar-refractivity contribution is 7.92. The number of nitrogens with zero attached hydrogens (tertiary/aromatic N) is 3. The summed E-state index contributed by atoms with van der Waals surface area (Å²) in [5.74, 6) is 0.474. The van der Waals surface area contributed by atoms with Crippen LogP contribution in [0.25, 0.3) is 5.69 Å². The van der Waals surface area contributed by atoms with Crippen molar-refractivity contribution in [1.82, 2.24) is 14.9 Å². The van der Waals surface area contributed by atoms with Crippen molar-refractivity contribution in [3.8, 4) is 17.2 Å². The molecule has 2 aromatic heterocycles. The Kier molecular flexibility index (Phi) is 7.38. The van der Waals surface area contributed by atoms with Crippen LogP contribution in [0.5, 0.6) is 11.5 Å². The molecule has 2 atom stereocenters. The average Bonchev–Trinajstić information content (AvgIpc) is 3.40. The molecule has 0 radical (unpaired) electrons. The van der Waals surface area contributed by atoms with E-state index in [1.165, 1.54) is 7.11 Å². The second kappa shape index (κ2) is 10.6. The van der Waals surface area contributed by atoms with Crippen LogP contribution < -0.4 is 19.7 Å². The molecule has 0 aliphatic carbocycles. The van der Waals surface area contributed by atoms with Crippen molar-refractivity contribution in [3.63, 3.8) is 0 Å². The summed E-state index contributed by atoms with van der Waals surface area (Å²) in [6.45, 7) is 3.93. The third kappa shape index (κ3) is 5.19. The number of benzene rings is 2. The largest absolute Gasteiger partial charge is 0.506 e. The summed E-state index contributed by atoms with van der Waals surface area (Å²) in [5.41, 5.74) is 5.00. The molecular weight excluding hydrogens is 570 g/mol. The molecule has 3 heterocycles. The Labute approximate surface area is 243 Å². The van der Waals surface area contributed by atoms with Gasteiger partial charge in [0.05, 0.1) is 42.5 Å². The van der Waals surface area contributed by atoms with E-state index in [9.17, 15) is 13.5 Å². The number of anilines is 2. The second-order valence-electron chi connectivity index (χ2n) is 9.55. The zero-order valence-electron chi connectivity index (χ0n) is 22.2. The average molecular weight is 598 g/mol. The molecule has 5 rings (SSSR count). The third-order valence-corrected chi connectivity index (χ3v) is 7.96. The molecule has 4 aromatic rings. The second-order valence-corrected chi connectivity index (χ2v) is 12.1. The summed E-state index contributed by atoms with van der Waals surface area (Å²) in [4.78, 5) is 6.56. The standard InChI is InChI=1S/C28H28ClN5O4S2/c1-16-13-20(17(2)33(16)23-14-18(29)8-10-24(23)35)27-26(21-7-5-6-12-30-21)31-28(39)34(27)19-9-11-25(38-3)22(15-19)32-40(4,36)37/h5-15,26-27,32,35H,1-4H3,(H,31,39)/t26-,27+/m1/s1. The number of hydrogen-bond acceptors (Lipinski definition) is 6. The number of hydrogen-bond donors (Lipinski definition) is 3. The Hall–Kier alpha value is -3.80. The van der Waals surface area contributed by atoms with E-state index < -0.39 is 10.0 Å². The first-order chi connectivity index (χ1) is 19.0. The molecule has 40 heavy (non-hydrogen) atoms. The van der Waals surface area contributed by atoms with E-state index in [2.05, 4.69) is 21.1 Å². The lowest BCUT2D eigenvalue weighted by Crippen LogP contribution is -2.29. The van der Waals surface area contributed by atoms with E-state index >= 15 is 0 Å². The van der Waals surface area contributed by atoms with Crippen molar-refractivity contribution in [1.29, 1.82) is 0 Å². The predicted molar refractivity (Wildman–Crippen MR) is 161 cm³/mol. The zero-order valence-corrected chi connectivity index (χ0v) is 24.6. The molecule has 0 amide bonds. The Balaban J connectivity index is 1.70. The number of phenols is 1. The molecule has 9 nitrogen and oxygen atoms in total. The van der Waals surface area contributed by atoms with Crippen LogP contribution in [-0.2, 0) is 10.0 Å². The van der Waals surface area contributed by atoms with E-state index in [0.29, 0.717) is 32.9 Å². The zero-order chi connectivity index (χ0) is 28.8. The van der Waals surface area contributed by atoms with Gasteiger partial charge >= 0.3 is 0 Å². The van der Waals surface area contributed by atoms with Gasteiger partial charge in [-0.05, 0) is 86.2 Å². The Morgan fingerprint density at radius 2 is 1.90 bits per heavy atom. The highest BCUT2D eigenvalue weighted by atomic mass is 35.5. The van der Waals surface area contributed by atoms with Crippen LogP contribution in [0.1, 0.15) is 34.7 Å². The molecule has 1 fully saturated rings. The third-order valence-electron chi connectivity index (χ3n) is 6.82. The van der Waals surface area contributed by atoms with Gasteiger partial charge in [-0.25, -0.2) is 8.42 Å². The van der Waals surface area contributed by atoms with Gasteiger partial charge in [-0.3, -0.25) is 9.71 Å². The SMILES string of the molecule is COc1ccc(N2C(=S)N[C@H](c3ccccn3)[C@@H]2c2cc(C)n(-c3cc(Cl)ccc3O)c2C)cc1NS(C)(=O)=O. The summed E-state index contributed by atoms with van der Waals surface area (Å²) in [6.07, 6.45) is 2.82. The number of aromatic nitrogens is 2. The van der Waals surface area contributed by atoms with Crippen LogP contribution in [0.2, 0.25) is 5.02 Å². The number of phenolic OH excluding ortho intramolecular Hbond substituents is 1. The summed E-state index contributed by atoms with van der Waals surface area (Å²) in [5, 5.41) is 15.1. The number of thiocarbonyl (C=S) groups is 1. The number of pyridine rings is 1. The summed E-state index contributed by atoms with van der Waals surface area (Å²) in [6, 6.07) is 17.2. The van der Waals surface area contributed by atoms with E-state index in [0.717, 1.165) is 28.9 Å². The van der Waals surface area contributed by atoms with E-state index in [4.69, 9.17) is 28.6 Å². The molecule has 12 heteroatoms. The molecule has 0 bridgehead atoms. The summed E-state index contributed by atoms with van der Waals surface area (Å²) >= 11 is 12.1. The number of halogens is 1. The number of aryl methyl sites for hydroxylation is 1. The number of rotatable bonds is 7. The van der Waals surface area contributed by atoms with Gasteiger partial charge in [-0.15, -0.1) is 0 Å². The van der Waals surface area contributed by atoms with E-state index in [1.807, 2.05) is 47.6 Å². The first-order valence-corrected chi connectivity index (χ1v) is 15.0. The predicted octanol–water partition coefficient (Wildman–Crippen LogP) is 5.41. The highest BCUT2D eigenvalue weighted by Crippen LogP contribution is 2.45. The van der Waals surface area contributed by atoms with Crippen molar-refractivity contribution in [2.45, 2.75) is 25.9 Å². The molecular formula is C28H28ClN5O4S2. The van der Waals surface area contributed by atoms with E-state index in [-0.39, 0.29) is 17.8 Å². The van der Waals surface area contributed by atoms with Crippen LogP contribution in [-0.4, -0.2) is 41.6 Å². The smallest absolute Gasteiger partial charge is 0.229 e. The molecule has 1 saturated heterocycles. The number of sulfonamides is 1. The van der Waals surface area contributed by atoms with Gasteiger partial charge in [0.25, 0.3) is 0 Å². The van der Waals surface area contributed by atoms with E-state index in [1.54, 1.807) is 36.5 Å². The molecule has 1 aliphatic heterocycles. The number of ether oxygens (including phenoxy) is 1. The van der Waals surface area contributed by atoms with Crippen molar-refractivity contribution in [2.75, 3.05) is 23.0 Å². The van der Waals surface area contributed by atoms with Gasteiger partial charge in [0, 0.05) is 28.3 Å². The van der Waals surface area contributed by atoms with Crippen LogP contribution in [0, 0.1) is 13.8 Å².